The van der Waals surface area contributed by atoms with Crippen LogP contribution in [0.25, 0.3) is 21.1 Å². The van der Waals surface area contributed by atoms with Gasteiger partial charge in [0.15, 0.2) is 5.82 Å². The lowest BCUT2D eigenvalue weighted by atomic mass is 10.1. The Kier molecular flexibility index (Phi) is 4.36. The number of ether oxygens (including phenoxy) is 1. The lowest BCUT2D eigenvalue weighted by Gasteiger charge is -2.16. The van der Waals surface area contributed by atoms with Crippen LogP contribution in [0.4, 0.5) is 15.8 Å². The van der Waals surface area contributed by atoms with Crippen LogP contribution < -0.4 is 15.4 Å². The molecule has 4 aromatic rings. The fraction of sp³-hybridized carbons (Fsp3) is 0.158. The maximum Gasteiger partial charge on any atom is 0.165 e. The second kappa shape index (κ2) is 6.59. The number of thiazole rings is 1. The lowest BCUT2D eigenvalue weighted by Crippen LogP contribution is -2.09. The highest BCUT2D eigenvalue weighted by Gasteiger charge is 2.20. The molecule has 0 spiro atoms. The molecule has 0 saturated heterocycles. The van der Waals surface area contributed by atoms with E-state index < -0.39 is 13.0 Å². The summed E-state index contributed by atoms with van der Waals surface area (Å²) in [5.74, 6) is 0.00353. The van der Waals surface area contributed by atoms with Crippen molar-refractivity contribution < 1.29 is 13.7 Å². The maximum atomic E-state index is 14.6. The number of halogens is 1. The molecular weight excluding hydrogens is 384 g/mol. The summed E-state index contributed by atoms with van der Waals surface area (Å²) < 4.78 is 33.8. The van der Waals surface area contributed by atoms with Crippen LogP contribution in [-0.4, -0.2) is 30.4 Å². The van der Waals surface area contributed by atoms with Crippen LogP contribution >= 0.6 is 18.5 Å². The van der Waals surface area contributed by atoms with Gasteiger partial charge in [0.25, 0.3) is 0 Å². The highest BCUT2D eigenvalue weighted by Crippen LogP contribution is 2.41. The Labute approximate surface area is 159 Å². The summed E-state index contributed by atoms with van der Waals surface area (Å²) in [6.07, 6.45) is 1.17. The molecule has 0 radical (unpaired) electrons. The molecule has 2 aromatic heterocycles. The van der Waals surface area contributed by atoms with Gasteiger partial charge in [-0.25, -0.2) is 9.37 Å². The largest absolute Gasteiger partial charge is 0.496 e. The van der Waals surface area contributed by atoms with Gasteiger partial charge in [-0.2, -0.15) is 0 Å². The predicted molar refractivity (Wildman–Crippen MR) is 110 cm³/mol. The molecule has 8 heteroatoms. The van der Waals surface area contributed by atoms with Gasteiger partial charge in [-0.3, -0.25) is 4.98 Å². The molecule has 138 valence electrons. The zero-order valence-corrected chi connectivity index (χ0v) is 16.7. The molecule has 0 unspecified atom stereocenters. The molecule has 2 aromatic carbocycles. The number of pyridine rings is 1. The van der Waals surface area contributed by atoms with Crippen LogP contribution in [0.5, 0.6) is 5.75 Å². The lowest BCUT2D eigenvalue weighted by molar-refractivity contribution is 0.418. The van der Waals surface area contributed by atoms with Gasteiger partial charge < -0.3 is 14.6 Å². The van der Waals surface area contributed by atoms with Crippen LogP contribution in [0.2, 0.25) is 0 Å². The van der Waals surface area contributed by atoms with Gasteiger partial charge in [0.05, 0.1) is 45.5 Å². The number of fused-ring (bicyclic) bond motifs is 2. The third kappa shape index (κ3) is 3.29. The first-order valence-electron chi connectivity index (χ1n) is 8.19. The second-order valence-electron chi connectivity index (χ2n) is 6.53. The highest BCUT2D eigenvalue weighted by molar-refractivity contribution is 7.70. The van der Waals surface area contributed by atoms with Crippen LogP contribution in [0.15, 0.2) is 42.0 Å². The van der Waals surface area contributed by atoms with Crippen LogP contribution in [0, 0.1) is 5.82 Å². The Morgan fingerprint density at radius 1 is 1.15 bits per heavy atom. The smallest absolute Gasteiger partial charge is 0.165 e. The van der Waals surface area contributed by atoms with Crippen molar-refractivity contribution in [2.24, 2.45) is 0 Å². The second-order valence-corrected chi connectivity index (χ2v) is 10.6. The number of rotatable bonds is 4. The fourth-order valence-corrected chi connectivity index (χ4v) is 4.76. The van der Waals surface area contributed by atoms with Crippen molar-refractivity contribution in [3.05, 3.63) is 47.9 Å². The van der Waals surface area contributed by atoms with Crippen molar-refractivity contribution in [3.63, 3.8) is 0 Å². The van der Waals surface area contributed by atoms with Crippen molar-refractivity contribution in [1.29, 1.82) is 0 Å². The minimum Gasteiger partial charge on any atom is -0.496 e. The minimum atomic E-state index is -2.63. The topological polar surface area (TPSA) is 64.1 Å². The van der Waals surface area contributed by atoms with E-state index in [-0.39, 0.29) is 5.69 Å². The van der Waals surface area contributed by atoms with E-state index in [0.29, 0.717) is 27.6 Å². The van der Waals surface area contributed by atoms with Crippen LogP contribution in [0.3, 0.4) is 0 Å². The first-order chi connectivity index (χ1) is 12.9. The molecule has 2 heterocycles. The monoisotopic (exact) mass is 401 g/mol. The van der Waals surface area contributed by atoms with E-state index in [4.69, 9.17) is 4.74 Å². The zero-order chi connectivity index (χ0) is 19.2. The van der Waals surface area contributed by atoms with E-state index in [2.05, 4.69) is 15.3 Å². The third-order valence-electron chi connectivity index (χ3n) is 4.30. The van der Waals surface area contributed by atoms with E-state index in [9.17, 15) is 8.96 Å². The third-order valence-corrected chi connectivity index (χ3v) is 6.62. The summed E-state index contributed by atoms with van der Waals surface area (Å²) in [7, 11) is -1.11. The van der Waals surface area contributed by atoms with E-state index in [1.165, 1.54) is 13.3 Å². The Balaban J connectivity index is 1.90. The standard InChI is InChI=1S/C19H17FN3O2PS/c1-25-16-8-14-12(7-17(16)26(2,3)24)19(13(20)9-21-14)23-11-4-5-18-15(6-11)22-10-27-18/h4-10H,1-3H3,(H,21,23). The number of benzene rings is 2. The van der Waals surface area contributed by atoms with Gasteiger partial charge in [0.2, 0.25) is 0 Å². The average molecular weight is 401 g/mol. The first kappa shape index (κ1) is 17.9. The number of nitrogens with zero attached hydrogens (tertiary/aromatic N) is 2. The Hall–Kier alpha value is -2.50. The van der Waals surface area contributed by atoms with E-state index in [0.717, 1.165) is 10.2 Å². The normalized spacial score (nSPS) is 11.9. The van der Waals surface area contributed by atoms with E-state index in [1.807, 2.05) is 18.2 Å². The summed E-state index contributed by atoms with van der Waals surface area (Å²) in [4.78, 5) is 8.45. The SMILES string of the molecule is COc1cc2ncc(F)c(Nc3ccc4scnc4c3)c2cc1P(C)(C)=O. The Morgan fingerprint density at radius 2 is 1.96 bits per heavy atom. The zero-order valence-electron chi connectivity index (χ0n) is 15.0. The van der Waals surface area contributed by atoms with Crippen LogP contribution in [0.1, 0.15) is 0 Å². The van der Waals surface area contributed by atoms with Crippen molar-refractivity contribution in [3.8, 4) is 5.75 Å². The maximum absolute atomic E-state index is 14.6. The molecule has 0 aliphatic carbocycles. The molecule has 0 amide bonds. The number of hydrogen-bond donors (Lipinski definition) is 1. The minimum absolute atomic E-state index is 0.284. The predicted octanol–water partition coefficient (Wildman–Crippen LogP) is 4.98. The van der Waals surface area contributed by atoms with Gasteiger partial charge in [0, 0.05) is 17.1 Å². The summed E-state index contributed by atoms with van der Waals surface area (Å²) in [6.45, 7) is 3.32. The first-order valence-corrected chi connectivity index (χ1v) is 11.7. The molecule has 27 heavy (non-hydrogen) atoms. The molecule has 1 N–H and O–H groups in total. The van der Waals surface area contributed by atoms with Crippen molar-refractivity contribution in [1.82, 2.24) is 9.97 Å². The summed E-state index contributed by atoms with van der Waals surface area (Å²) in [5, 5.41) is 4.24. The van der Waals surface area contributed by atoms with Crippen molar-refractivity contribution in [2.45, 2.75) is 0 Å². The quantitative estimate of drug-likeness (QED) is 0.489. The fourth-order valence-electron chi connectivity index (χ4n) is 2.98. The Morgan fingerprint density at radius 3 is 2.70 bits per heavy atom. The highest BCUT2D eigenvalue weighted by atomic mass is 32.1. The molecule has 5 nitrogen and oxygen atoms in total. The molecule has 4 rings (SSSR count). The summed E-state index contributed by atoms with van der Waals surface area (Å²) >= 11 is 1.55. The van der Waals surface area contributed by atoms with Gasteiger partial charge >= 0.3 is 0 Å². The molecule has 0 atom stereocenters. The average Bonchev–Trinajstić information content (AvgIpc) is 3.10. The van der Waals surface area contributed by atoms with Gasteiger partial charge in [0.1, 0.15) is 12.9 Å². The molecule has 0 bridgehead atoms. The van der Waals surface area contributed by atoms with Gasteiger partial charge in [-0.1, -0.05) is 0 Å². The molecule has 0 saturated carbocycles. The van der Waals surface area contributed by atoms with Gasteiger partial charge in [-0.15, -0.1) is 11.3 Å². The van der Waals surface area contributed by atoms with E-state index >= 15 is 0 Å². The summed E-state index contributed by atoms with van der Waals surface area (Å²) in [5.41, 5.74) is 4.18. The molecule has 0 aliphatic rings. The molecule has 0 aliphatic heterocycles. The number of aromatic nitrogens is 2. The van der Waals surface area contributed by atoms with Crippen molar-refractivity contribution in [2.75, 3.05) is 25.8 Å². The van der Waals surface area contributed by atoms with E-state index in [1.54, 1.807) is 42.3 Å². The Bertz CT molecular complexity index is 1220. The number of anilines is 2. The molecular formula is C19H17FN3O2PS. The number of nitrogens with one attached hydrogen (secondary N) is 1. The number of hydrogen-bond acceptors (Lipinski definition) is 6. The van der Waals surface area contributed by atoms with Crippen LogP contribution in [-0.2, 0) is 4.57 Å². The van der Waals surface area contributed by atoms with Crippen molar-refractivity contribution >= 4 is 56.3 Å². The van der Waals surface area contributed by atoms with Gasteiger partial charge in [-0.05, 0) is 37.6 Å². The number of methoxy groups -OCH3 is 1. The summed E-state index contributed by atoms with van der Waals surface area (Å²) in [6, 6.07) is 9.08. The molecule has 0 fully saturated rings.